The highest BCUT2D eigenvalue weighted by molar-refractivity contribution is 7.10. The molecule has 3 heteroatoms. The third kappa shape index (κ3) is 1.85. The van der Waals surface area contributed by atoms with Gasteiger partial charge in [0.25, 0.3) is 0 Å². The van der Waals surface area contributed by atoms with E-state index in [9.17, 15) is 5.11 Å². The number of thiophene rings is 1. The average molecular weight is 211 g/mol. The van der Waals surface area contributed by atoms with Gasteiger partial charge in [-0.2, -0.15) is 0 Å². The van der Waals surface area contributed by atoms with Gasteiger partial charge in [0.2, 0.25) is 0 Å². The summed E-state index contributed by atoms with van der Waals surface area (Å²) < 4.78 is 0. The maximum Gasteiger partial charge on any atom is 0.102 e. The van der Waals surface area contributed by atoms with Crippen molar-refractivity contribution in [3.8, 4) is 0 Å². The number of piperidine rings is 1. The van der Waals surface area contributed by atoms with Crippen LogP contribution in [0.2, 0.25) is 0 Å². The third-order valence-corrected chi connectivity index (χ3v) is 3.92. The van der Waals surface area contributed by atoms with Crippen molar-refractivity contribution >= 4 is 11.3 Å². The van der Waals surface area contributed by atoms with Crippen molar-refractivity contribution in [2.24, 2.45) is 0 Å². The summed E-state index contributed by atoms with van der Waals surface area (Å²) in [7, 11) is 0. The van der Waals surface area contributed by atoms with Crippen molar-refractivity contribution in [3.63, 3.8) is 0 Å². The fraction of sp³-hybridized carbons (Fsp3) is 0.636. The Balaban J connectivity index is 2.24. The second-order valence-electron chi connectivity index (χ2n) is 4.75. The molecule has 0 aromatic carbocycles. The Morgan fingerprint density at radius 2 is 2.29 bits per heavy atom. The molecule has 1 aromatic rings. The lowest BCUT2D eigenvalue weighted by Gasteiger charge is -2.41. The van der Waals surface area contributed by atoms with Gasteiger partial charge in [0, 0.05) is 10.4 Å². The topological polar surface area (TPSA) is 32.3 Å². The fourth-order valence-electron chi connectivity index (χ4n) is 2.24. The van der Waals surface area contributed by atoms with Crippen LogP contribution >= 0.6 is 11.3 Å². The van der Waals surface area contributed by atoms with Crippen LogP contribution < -0.4 is 5.32 Å². The quantitative estimate of drug-likeness (QED) is 0.745. The van der Waals surface area contributed by atoms with Crippen molar-refractivity contribution in [2.45, 2.75) is 37.8 Å². The van der Waals surface area contributed by atoms with Gasteiger partial charge in [0.15, 0.2) is 0 Å². The van der Waals surface area contributed by atoms with Gasteiger partial charge in [-0.3, -0.25) is 0 Å². The van der Waals surface area contributed by atoms with Crippen LogP contribution in [0.3, 0.4) is 0 Å². The molecular weight excluding hydrogens is 194 g/mol. The minimum absolute atomic E-state index is 0.0387. The predicted octanol–water partition coefficient (Wildman–Crippen LogP) is 2.10. The summed E-state index contributed by atoms with van der Waals surface area (Å²) in [6.45, 7) is 5.18. The summed E-state index contributed by atoms with van der Waals surface area (Å²) in [6, 6.07) is 4.04. The van der Waals surface area contributed by atoms with E-state index >= 15 is 0 Å². The number of rotatable bonds is 1. The van der Waals surface area contributed by atoms with Gasteiger partial charge in [-0.15, -0.1) is 11.3 Å². The molecule has 14 heavy (non-hydrogen) atoms. The molecule has 1 aromatic heterocycles. The minimum Gasteiger partial charge on any atom is -0.384 e. The van der Waals surface area contributed by atoms with Crippen LogP contribution in [-0.4, -0.2) is 17.2 Å². The van der Waals surface area contributed by atoms with E-state index in [1.54, 1.807) is 11.3 Å². The Morgan fingerprint density at radius 3 is 2.86 bits per heavy atom. The molecule has 1 fully saturated rings. The molecule has 78 valence electrons. The second kappa shape index (κ2) is 3.33. The van der Waals surface area contributed by atoms with Gasteiger partial charge < -0.3 is 10.4 Å². The molecule has 0 amide bonds. The van der Waals surface area contributed by atoms with Gasteiger partial charge in [-0.25, -0.2) is 0 Å². The smallest absolute Gasteiger partial charge is 0.102 e. The summed E-state index contributed by atoms with van der Waals surface area (Å²) in [4.78, 5) is 1.10. The highest BCUT2D eigenvalue weighted by Gasteiger charge is 2.39. The van der Waals surface area contributed by atoms with Crippen LogP contribution in [-0.2, 0) is 5.60 Å². The van der Waals surface area contributed by atoms with Gasteiger partial charge in [-0.1, -0.05) is 6.07 Å². The lowest BCUT2D eigenvalue weighted by molar-refractivity contribution is -0.0227. The number of nitrogens with one attached hydrogen (secondary N) is 1. The molecule has 0 aliphatic carbocycles. The fourth-order valence-corrected chi connectivity index (χ4v) is 3.10. The Morgan fingerprint density at radius 1 is 1.50 bits per heavy atom. The molecule has 2 N–H and O–H groups in total. The maximum atomic E-state index is 10.5. The van der Waals surface area contributed by atoms with Gasteiger partial charge in [-0.05, 0) is 44.7 Å². The highest BCUT2D eigenvalue weighted by Crippen LogP contribution is 2.38. The molecule has 1 aliphatic heterocycles. The lowest BCUT2D eigenvalue weighted by Crippen LogP contribution is -2.52. The first kappa shape index (κ1) is 10.1. The first-order valence-electron chi connectivity index (χ1n) is 5.03. The SMILES string of the molecule is CC1(C)CC(O)(c2cccs2)CCN1. The zero-order chi connectivity index (χ0) is 10.2. The number of hydrogen-bond donors (Lipinski definition) is 2. The van der Waals surface area contributed by atoms with Crippen LogP contribution in [0.1, 0.15) is 31.6 Å². The molecule has 0 bridgehead atoms. The van der Waals surface area contributed by atoms with E-state index in [1.165, 1.54) is 0 Å². The van der Waals surface area contributed by atoms with Crippen molar-refractivity contribution in [2.75, 3.05) is 6.54 Å². The first-order chi connectivity index (χ1) is 6.52. The third-order valence-electron chi connectivity index (χ3n) is 2.86. The van der Waals surface area contributed by atoms with Gasteiger partial charge in [0.05, 0.1) is 0 Å². The number of aliphatic hydroxyl groups is 1. The number of hydrogen-bond acceptors (Lipinski definition) is 3. The maximum absolute atomic E-state index is 10.5. The van der Waals surface area contributed by atoms with Crippen LogP contribution in [0.25, 0.3) is 0 Å². The van der Waals surface area contributed by atoms with E-state index in [0.717, 1.165) is 24.3 Å². The van der Waals surface area contributed by atoms with Crippen molar-refractivity contribution in [1.82, 2.24) is 5.32 Å². The Hall–Kier alpha value is -0.380. The monoisotopic (exact) mass is 211 g/mol. The van der Waals surface area contributed by atoms with Crippen molar-refractivity contribution in [3.05, 3.63) is 22.4 Å². The summed E-state index contributed by atoms with van der Waals surface area (Å²) in [5.41, 5.74) is -0.570. The van der Waals surface area contributed by atoms with Crippen LogP contribution in [0.4, 0.5) is 0 Å². The predicted molar refractivity (Wildman–Crippen MR) is 59.5 cm³/mol. The standard InChI is InChI=1S/C11H17NOS/c1-10(2)8-11(13,5-6-12-10)9-4-3-7-14-9/h3-4,7,12-13H,5-6,8H2,1-2H3. The summed E-state index contributed by atoms with van der Waals surface area (Å²) in [6.07, 6.45) is 1.61. The van der Waals surface area contributed by atoms with E-state index in [1.807, 2.05) is 17.5 Å². The van der Waals surface area contributed by atoms with Crippen LogP contribution in [0.15, 0.2) is 17.5 Å². The van der Waals surface area contributed by atoms with E-state index in [-0.39, 0.29) is 5.54 Å². The first-order valence-corrected chi connectivity index (χ1v) is 5.91. The Kier molecular flexibility index (Phi) is 2.41. The molecule has 1 aliphatic rings. The minimum atomic E-state index is -0.608. The summed E-state index contributed by atoms with van der Waals surface area (Å²) in [5, 5.41) is 16.0. The summed E-state index contributed by atoms with van der Waals surface area (Å²) >= 11 is 1.65. The highest BCUT2D eigenvalue weighted by atomic mass is 32.1. The van der Waals surface area contributed by atoms with Crippen LogP contribution in [0, 0.1) is 0 Å². The molecule has 2 rings (SSSR count). The van der Waals surface area contributed by atoms with Crippen molar-refractivity contribution in [1.29, 1.82) is 0 Å². The zero-order valence-corrected chi connectivity index (χ0v) is 9.53. The molecule has 0 saturated carbocycles. The zero-order valence-electron chi connectivity index (χ0n) is 8.71. The molecule has 1 saturated heterocycles. The molecule has 1 atom stereocenters. The normalized spacial score (nSPS) is 31.6. The van der Waals surface area contributed by atoms with Gasteiger partial charge >= 0.3 is 0 Å². The Labute approximate surface area is 89.0 Å². The molecule has 0 radical (unpaired) electrons. The van der Waals surface area contributed by atoms with E-state index in [2.05, 4.69) is 19.2 Å². The summed E-state index contributed by atoms with van der Waals surface area (Å²) in [5.74, 6) is 0. The van der Waals surface area contributed by atoms with Crippen LogP contribution in [0.5, 0.6) is 0 Å². The Bertz CT molecular complexity index is 307. The average Bonchev–Trinajstić information content (AvgIpc) is 2.52. The molecule has 2 heterocycles. The largest absolute Gasteiger partial charge is 0.384 e. The molecule has 1 unspecified atom stereocenters. The van der Waals surface area contributed by atoms with Gasteiger partial charge in [0.1, 0.15) is 5.60 Å². The van der Waals surface area contributed by atoms with E-state index in [4.69, 9.17) is 0 Å². The molecule has 2 nitrogen and oxygen atoms in total. The van der Waals surface area contributed by atoms with Crippen molar-refractivity contribution < 1.29 is 5.11 Å². The van der Waals surface area contributed by atoms with E-state index < -0.39 is 5.60 Å². The molecule has 0 spiro atoms. The lowest BCUT2D eigenvalue weighted by atomic mass is 9.80. The second-order valence-corrected chi connectivity index (χ2v) is 5.69. The molecular formula is C11H17NOS. The van der Waals surface area contributed by atoms with E-state index in [0.29, 0.717) is 0 Å².